The van der Waals surface area contributed by atoms with Crippen molar-refractivity contribution in [1.29, 1.82) is 0 Å². The molecule has 110 valence electrons. The Hall–Kier alpha value is -2.76. The maximum atomic E-state index is 13.7. The average molecular weight is 290 g/mol. The van der Waals surface area contributed by atoms with E-state index in [9.17, 15) is 9.18 Å². The molecule has 0 aliphatic carbocycles. The molecule has 0 aromatic heterocycles. The molecule has 2 aromatic carbocycles. The predicted octanol–water partition coefficient (Wildman–Crippen LogP) is 2.68. The van der Waals surface area contributed by atoms with Crippen LogP contribution in [0, 0.1) is 5.82 Å². The lowest BCUT2D eigenvalue weighted by Crippen LogP contribution is -2.15. The van der Waals surface area contributed by atoms with Crippen LogP contribution in [0.2, 0.25) is 0 Å². The molecule has 0 bridgehead atoms. The molecule has 5 nitrogen and oxygen atoms in total. The number of anilines is 2. The third-order valence-electron chi connectivity index (χ3n) is 2.93. The van der Waals surface area contributed by atoms with E-state index in [1.807, 2.05) is 0 Å². The first kappa shape index (κ1) is 14.6. The first-order chi connectivity index (χ1) is 10.0. The molecule has 3 N–H and O–H groups in total. The largest absolute Gasteiger partial charge is 0.497 e. The topological polar surface area (TPSA) is 73.6 Å². The van der Waals surface area contributed by atoms with Crippen LogP contribution in [0.5, 0.6) is 11.5 Å². The maximum Gasteiger partial charge on any atom is 0.257 e. The quantitative estimate of drug-likeness (QED) is 0.849. The first-order valence-electron chi connectivity index (χ1n) is 6.13. The molecular formula is C15H15FN2O3. The summed E-state index contributed by atoms with van der Waals surface area (Å²) in [5, 5.41) is 2.46. The molecule has 0 radical (unpaired) electrons. The van der Waals surface area contributed by atoms with Gasteiger partial charge in [0.15, 0.2) is 0 Å². The molecule has 21 heavy (non-hydrogen) atoms. The number of benzene rings is 2. The van der Waals surface area contributed by atoms with E-state index < -0.39 is 11.7 Å². The second-order valence-corrected chi connectivity index (χ2v) is 4.25. The van der Waals surface area contributed by atoms with E-state index in [1.54, 1.807) is 6.07 Å². The Morgan fingerprint density at radius 2 is 1.71 bits per heavy atom. The summed E-state index contributed by atoms with van der Waals surface area (Å²) in [7, 11) is 2.96. The third kappa shape index (κ3) is 3.22. The van der Waals surface area contributed by atoms with Crippen LogP contribution in [0.1, 0.15) is 10.4 Å². The predicted molar refractivity (Wildman–Crippen MR) is 78.3 cm³/mol. The van der Waals surface area contributed by atoms with Crippen molar-refractivity contribution in [2.75, 3.05) is 25.3 Å². The van der Waals surface area contributed by atoms with Crippen molar-refractivity contribution in [1.82, 2.24) is 0 Å². The molecule has 0 heterocycles. The SMILES string of the molecule is COc1ccc(C(=O)Nc2cc(OC)ccc2F)c(N)c1. The van der Waals surface area contributed by atoms with Gasteiger partial charge in [-0.3, -0.25) is 4.79 Å². The van der Waals surface area contributed by atoms with E-state index in [0.717, 1.165) is 0 Å². The lowest BCUT2D eigenvalue weighted by atomic mass is 10.1. The van der Waals surface area contributed by atoms with Gasteiger partial charge in [0.2, 0.25) is 0 Å². The van der Waals surface area contributed by atoms with Crippen LogP contribution in [0.25, 0.3) is 0 Å². The van der Waals surface area contributed by atoms with Gasteiger partial charge < -0.3 is 20.5 Å². The average Bonchev–Trinajstić information content (AvgIpc) is 2.49. The van der Waals surface area contributed by atoms with Crippen molar-refractivity contribution in [2.45, 2.75) is 0 Å². The van der Waals surface area contributed by atoms with Gasteiger partial charge in [-0.05, 0) is 24.3 Å². The summed E-state index contributed by atoms with van der Waals surface area (Å²) in [4.78, 5) is 12.1. The number of hydrogen-bond donors (Lipinski definition) is 2. The minimum Gasteiger partial charge on any atom is -0.497 e. The van der Waals surface area contributed by atoms with Crippen molar-refractivity contribution >= 4 is 17.3 Å². The molecule has 2 rings (SSSR count). The van der Waals surface area contributed by atoms with Gasteiger partial charge in [0, 0.05) is 17.8 Å². The molecule has 6 heteroatoms. The number of nitrogens with one attached hydrogen (secondary N) is 1. The molecule has 0 saturated heterocycles. The van der Waals surface area contributed by atoms with E-state index in [4.69, 9.17) is 15.2 Å². The number of ether oxygens (including phenoxy) is 2. The fraction of sp³-hybridized carbons (Fsp3) is 0.133. The normalized spacial score (nSPS) is 10.0. The minimum atomic E-state index is -0.559. The fourth-order valence-electron chi connectivity index (χ4n) is 1.79. The van der Waals surface area contributed by atoms with Gasteiger partial charge >= 0.3 is 0 Å². The monoisotopic (exact) mass is 290 g/mol. The Balaban J connectivity index is 2.26. The van der Waals surface area contributed by atoms with Gasteiger partial charge in [-0.25, -0.2) is 4.39 Å². The molecule has 1 amide bonds. The summed E-state index contributed by atoms with van der Waals surface area (Å²) in [5.41, 5.74) is 6.29. The van der Waals surface area contributed by atoms with Gasteiger partial charge in [-0.2, -0.15) is 0 Å². The van der Waals surface area contributed by atoms with E-state index >= 15 is 0 Å². The highest BCUT2D eigenvalue weighted by atomic mass is 19.1. The zero-order valence-corrected chi connectivity index (χ0v) is 11.6. The van der Waals surface area contributed by atoms with E-state index in [0.29, 0.717) is 11.5 Å². The highest BCUT2D eigenvalue weighted by Gasteiger charge is 2.13. The van der Waals surface area contributed by atoms with Crippen LogP contribution in [-0.2, 0) is 0 Å². The zero-order chi connectivity index (χ0) is 15.4. The number of nitrogen functional groups attached to an aromatic ring is 1. The standard InChI is InChI=1S/C15H15FN2O3/c1-20-9-3-5-11(13(17)7-9)15(19)18-14-8-10(21-2)4-6-12(14)16/h3-8H,17H2,1-2H3,(H,18,19). The number of halogens is 1. The van der Waals surface area contributed by atoms with E-state index in [-0.39, 0.29) is 16.9 Å². The Kier molecular flexibility index (Phi) is 4.27. The number of carbonyl (C=O) groups is 1. The second-order valence-electron chi connectivity index (χ2n) is 4.25. The van der Waals surface area contributed by atoms with Crippen molar-refractivity contribution < 1.29 is 18.7 Å². The summed E-state index contributed by atoms with van der Waals surface area (Å²) in [6.45, 7) is 0. The summed E-state index contributed by atoms with van der Waals surface area (Å²) in [5.74, 6) is -0.0930. The van der Waals surface area contributed by atoms with Crippen LogP contribution >= 0.6 is 0 Å². The number of rotatable bonds is 4. The smallest absolute Gasteiger partial charge is 0.257 e. The highest BCUT2D eigenvalue weighted by molar-refractivity contribution is 6.08. The minimum absolute atomic E-state index is 0.0227. The Morgan fingerprint density at radius 1 is 1.10 bits per heavy atom. The lowest BCUT2D eigenvalue weighted by molar-refractivity contribution is 0.102. The molecular weight excluding hydrogens is 275 g/mol. The summed E-state index contributed by atoms with van der Waals surface area (Å²) in [6.07, 6.45) is 0. The van der Waals surface area contributed by atoms with Gasteiger partial charge in [0.1, 0.15) is 17.3 Å². The van der Waals surface area contributed by atoms with Gasteiger partial charge in [0.25, 0.3) is 5.91 Å². The highest BCUT2D eigenvalue weighted by Crippen LogP contribution is 2.24. The third-order valence-corrected chi connectivity index (χ3v) is 2.93. The van der Waals surface area contributed by atoms with Gasteiger partial charge in [-0.15, -0.1) is 0 Å². The summed E-state index contributed by atoms with van der Waals surface area (Å²) >= 11 is 0. The van der Waals surface area contributed by atoms with Crippen molar-refractivity contribution in [3.63, 3.8) is 0 Å². The fourth-order valence-corrected chi connectivity index (χ4v) is 1.79. The molecule has 0 aliphatic rings. The molecule has 0 aliphatic heterocycles. The molecule has 2 aromatic rings. The van der Waals surface area contributed by atoms with E-state index in [2.05, 4.69) is 5.32 Å². The number of hydrogen-bond acceptors (Lipinski definition) is 4. The van der Waals surface area contributed by atoms with Crippen molar-refractivity contribution in [3.8, 4) is 11.5 Å². The zero-order valence-electron chi connectivity index (χ0n) is 11.6. The Labute approximate surface area is 121 Å². The number of nitrogens with two attached hydrogens (primary N) is 1. The van der Waals surface area contributed by atoms with Crippen LogP contribution in [0.3, 0.4) is 0 Å². The molecule has 0 atom stereocenters. The second kappa shape index (κ2) is 6.13. The van der Waals surface area contributed by atoms with Crippen LogP contribution in [0.4, 0.5) is 15.8 Å². The van der Waals surface area contributed by atoms with Crippen LogP contribution in [-0.4, -0.2) is 20.1 Å². The summed E-state index contributed by atoms with van der Waals surface area (Å²) in [6, 6.07) is 8.72. The van der Waals surface area contributed by atoms with Gasteiger partial charge in [-0.1, -0.05) is 0 Å². The summed E-state index contributed by atoms with van der Waals surface area (Å²) < 4.78 is 23.7. The van der Waals surface area contributed by atoms with Gasteiger partial charge in [0.05, 0.1) is 25.5 Å². The molecule has 0 saturated carbocycles. The Morgan fingerprint density at radius 3 is 2.33 bits per heavy atom. The molecule has 0 spiro atoms. The molecule has 0 fully saturated rings. The lowest BCUT2D eigenvalue weighted by Gasteiger charge is -2.10. The van der Waals surface area contributed by atoms with Crippen molar-refractivity contribution in [3.05, 3.63) is 47.8 Å². The Bertz CT molecular complexity index is 674. The van der Waals surface area contributed by atoms with Crippen LogP contribution in [0.15, 0.2) is 36.4 Å². The number of carbonyl (C=O) groups excluding carboxylic acids is 1. The van der Waals surface area contributed by atoms with Crippen LogP contribution < -0.4 is 20.5 Å². The first-order valence-corrected chi connectivity index (χ1v) is 6.13. The number of methoxy groups -OCH3 is 2. The molecule has 0 unspecified atom stereocenters. The number of amides is 1. The van der Waals surface area contributed by atoms with Crippen molar-refractivity contribution in [2.24, 2.45) is 0 Å². The van der Waals surface area contributed by atoms with E-state index in [1.165, 1.54) is 44.6 Å². The maximum absolute atomic E-state index is 13.7.